The largest absolute Gasteiger partial charge is 0.504 e. The molecule has 0 fully saturated rings. The Hall–Kier alpha value is -2.38. The van der Waals surface area contributed by atoms with E-state index in [9.17, 15) is 14.7 Å². The first kappa shape index (κ1) is 17.0. The Morgan fingerprint density at radius 3 is 2.35 bits per heavy atom. The van der Waals surface area contributed by atoms with Crippen LogP contribution in [0.2, 0.25) is 10.0 Å². The number of carboxylic acid groups (broad SMARTS) is 1. The minimum Gasteiger partial charge on any atom is -0.504 e. The van der Waals surface area contributed by atoms with Crippen LogP contribution in [0.4, 0.5) is 0 Å². The number of hydrogen-bond acceptors (Lipinski definition) is 5. The van der Waals surface area contributed by atoms with Gasteiger partial charge < -0.3 is 15.5 Å². The Morgan fingerprint density at radius 1 is 1.17 bits per heavy atom. The van der Waals surface area contributed by atoms with Crippen molar-refractivity contribution in [2.75, 3.05) is 6.54 Å². The molecule has 1 aromatic carbocycles. The molecule has 0 atom stereocenters. The lowest BCUT2D eigenvalue weighted by Gasteiger charge is -2.10. The van der Waals surface area contributed by atoms with E-state index < -0.39 is 24.2 Å². The number of benzene rings is 1. The van der Waals surface area contributed by atoms with Crippen LogP contribution in [-0.4, -0.2) is 38.6 Å². The third-order valence-corrected chi connectivity index (χ3v) is 3.18. The minimum absolute atomic E-state index is 0.0716. The van der Waals surface area contributed by atoms with Gasteiger partial charge in [0.15, 0.2) is 11.4 Å². The lowest BCUT2D eigenvalue weighted by molar-refractivity contribution is -0.135. The molecule has 0 saturated heterocycles. The van der Waals surface area contributed by atoms with E-state index in [0.29, 0.717) is 15.6 Å². The van der Waals surface area contributed by atoms with Gasteiger partial charge >= 0.3 is 5.97 Å². The van der Waals surface area contributed by atoms with Gasteiger partial charge in [0, 0.05) is 15.6 Å². The number of nitrogens with zero attached hydrogens (tertiary/aromatic N) is 2. The van der Waals surface area contributed by atoms with Crippen LogP contribution in [0.5, 0.6) is 5.75 Å². The van der Waals surface area contributed by atoms with Crippen molar-refractivity contribution in [1.82, 2.24) is 15.3 Å². The van der Waals surface area contributed by atoms with Gasteiger partial charge in [-0.1, -0.05) is 23.2 Å². The number of amides is 1. The molecule has 120 valence electrons. The smallest absolute Gasteiger partial charge is 0.322 e. The van der Waals surface area contributed by atoms with Crippen molar-refractivity contribution in [2.24, 2.45) is 0 Å². The number of carboxylic acids is 1. The zero-order valence-electron chi connectivity index (χ0n) is 11.8. The molecule has 9 heteroatoms. The molecule has 0 saturated carbocycles. The predicted molar refractivity (Wildman–Crippen MR) is 83.9 cm³/mol. The van der Waals surface area contributed by atoms with E-state index in [-0.39, 0.29) is 17.2 Å². The average Bonchev–Trinajstić information content (AvgIpc) is 2.45. The highest BCUT2D eigenvalue weighted by Crippen LogP contribution is 2.33. The van der Waals surface area contributed by atoms with Gasteiger partial charge in [0.05, 0.1) is 0 Å². The fourth-order valence-corrected chi connectivity index (χ4v) is 2.38. The predicted octanol–water partition coefficient (Wildman–Crippen LogP) is 2.28. The quantitative estimate of drug-likeness (QED) is 0.775. The summed E-state index contributed by atoms with van der Waals surface area (Å²) in [6, 6.07) is 4.56. The summed E-state index contributed by atoms with van der Waals surface area (Å²) < 4.78 is 0. The Labute approximate surface area is 140 Å². The van der Waals surface area contributed by atoms with Crippen molar-refractivity contribution < 1.29 is 19.8 Å². The molecule has 0 unspecified atom stereocenters. The van der Waals surface area contributed by atoms with Crippen LogP contribution < -0.4 is 5.32 Å². The molecule has 0 spiro atoms. The van der Waals surface area contributed by atoms with E-state index in [1.54, 1.807) is 0 Å². The zero-order valence-corrected chi connectivity index (χ0v) is 13.3. The number of rotatable bonds is 4. The molecule has 0 bridgehead atoms. The van der Waals surface area contributed by atoms with E-state index in [4.69, 9.17) is 28.3 Å². The summed E-state index contributed by atoms with van der Waals surface area (Å²) in [6.45, 7) is 0.933. The minimum atomic E-state index is -1.22. The molecule has 0 aliphatic heterocycles. The van der Waals surface area contributed by atoms with Gasteiger partial charge in [-0.05, 0) is 25.1 Å². The zero-order chi connectivity index (χ0) is 17.1. The molecule has 7 nitrogen and oxygen atoms in total. The molecule has 2 aromatic rings. The van der Waals surface area contributed by atoms with Gasteiger partial charge in [-0.3, -0.25) is 9.59 Å². The third kappa shape index (κ3) is 4.08. The fraction of sp³-hybridized carbons (Fsp3) is 0.143. The summed E-state index contributed by atoms with van der Waals surface area (Å²) in [4.78, 5) is 30.4. The van der Waals surface area contributed by atoms with Crippen LogP contribution in [0.25, 0.3) is 11.3 Å². The number of carbonyl (C=O) groups is 2. The number of aryl methyl sites for hydroxylation is 1. The first-order valence-electron chi connectivity index (χ1n) is 6.32. The van der Waals surface area contributed by atoms with Gasteiger partial charge in [0.25, 0.3) is 5.91 Å². The average molecular weight is 356 g/mol. The highest BCUT2D eigenvalue weighted by Gasteiger charge is 2.20. The number of carbonyl (C=O) groups excluding carboxylic acids is 1. The van der Waals surface area contributed by atoms with Crippen LogP contribution in [0, 0.1) is 6.92 Å². The van der Waals surface area contributed by atoms with Crippen molar-refractivity contribution in [3.05, 3.63) is 39.8 Å². The second-order valence-electron chi connectivity index (χ2n) is 4.55. The lowest BCUT2D eigenvalue weighted by Crippen LogP contribution is -2.30. The summed E-state index contributed by atoms with van der Waals surface area (Å²) >= 11 is 11.9. The second-order valence-corrected chi connectivity index (χ2v) is 5.42. The normalized spacial score (nSPS) is 10.4. The van der Waals surface area contributed by atoms with Crippen LogP contribution in [0.1, 0.15) is 16.3 Å². The Bertz CT molecular complexity index is 776. The third-order valence-electron chi connectivity index (χ3n) is 2.75. The number of halogens is 2. The van der Waals surface area contributed by atoms with Gasteiger partial charge in [-0.2, -0.15) is 0 Å². The van der Waals surface area contributed by atoms with Gasteiger partial charge in [0.2, 0.25) is 0 Å². The second kappa shape index (κ2) is 6.80. The maximum Gasteiger partial charge on any atom is 0.322 e. The van der Waals surface area contributed by atoms with E-state index in [1.807, 2.05) is 0 Å². The summed E-state index contributed by atoms with van der Waals surface area (Å²) in [7, 11) is 0. The Balaban J connectivity index is 2.50. The number of nitrogens with one attached hydrogen (secondary N) is 1. The molecule has 0 radical (unpaired) electrons. The standard InChI is InChI=1S/C14H11Cl2N3O4/c1-6-18-11(7-2-8(15)4-9(16)3-7)13(22)12(19-6)14(23)17-5-10(20)21/h2-4,22H,5H2,1H3,(H,17,23)(H,20,21). The molecule has 0 aliphatic rings. The first-order valence-corrected chi connectivity index (χ1v) is 7.07. The highest BCUT2D eigenvalue weighted by molar-refractivity contribution is 6.35. The van der Waals surface area contributed by atoms with Crippen LogP contribution in [0.3, 0.4) is 0 Å². The monoisotopic (exact) mass is 355 g/mol. The van der Waals surface area contributed by atoms with Gasteiger partial charge in [0.1, 0.15) is 18.1 Å². The van der Waals surface area contributed by atoms with Crippen LogP contribution >= 0.6 is 23.2 Å². The van der Waals surface area contributed by atoms with Crippen molar-refractivity contribution >= 4 is 35.1 Å². The Kier molecular flexibility index (Phi) is 5.02. The molecular formula is C14H11Cl2N3O4. The molecule has 3 N–H and O–H groups in total. The number of aromatic nitrogens is 2. The molecule has 1 heterocycles. The molecule has 0 aliphatic carbocycles. The van der Waals surface area contributed by atoms with E-state index >= 15 is 0 Å². The van der Waals surface area contributed by atoms with Crippen molar-refractivity contribution in [2.45, 2.75) is 6.92 Å². The number of hydrogen-bond donors (Lipinski definition) is 3. The summed E-state index contributed by atoms with van der Waals surface area (Å²) in [5.74, 6) is -2.32. The molecule has 2 rings (SSSR count). The topological polar surface area (TPSA) is 112 Å². The van der Waals surface area contributed by atoms with E-state index in [2.05, 4.69) is 15.3 Å². The van der Waals surface area contributed by atoms with Gasteiger partial charge in [-0.15, -0.1) is 0 Å². The van der Waals surface area contributed by atoms with Crippen molar-refractivity contribution in [3.8, 4) is 17.0 Å². The van der Waals surface area contributed by atoms with Crippen LogP contribution in [0.15, 0.2) is 18.2 Å². The summed E-state index contributed by atoms with van der Waals surface area (Å²) in [6.07, 6.45) is 0. The Morgan fingerprint density at radius 2 is 1.78 bits per heavy atom. The maximum absolute atomic E-state index is 12.0. The first-order chi connectivity index (χ1) is 10.8. The maximum atomic E-state index is 12.0. The van der Waals surface area contributed by atoms with E-state index in [1.165, 1.54) is 25.1 Å². The fourth-order valence-electron chi connectivity index (χ4n) is 1.86. The van der Waals surface area contributed by atoms with Gasteiger partial charge in [-0.25, -0.2) is 9.97 Å². The SMILES string of the molecule is Cc1nc(C(=O)NCC(=O)O)c(O)c(-c2cc(Cl)cc(Cl)c2)n1. The number of aliphatic carboxylic acids is 1. The summed E-state index contributed by atoms with van der Waals surface area (Å²) in [5, 5.41) is 21.6. The molecule has 1 aromatic heterocycles. The van der Waals surface area contributed by atoms with E-state index in [0.717, 1.165) is 0 Å². The molecule has 23 heavy (non-hydrogen) atoms. The molecular weight excluding hydrogens is 345 g/mol. The summed E-state index contributed by atoms with van der Waals surface area (Å²) in [5.41, 5.74) is 0.144. The van der Waals surface area contributed by atoms with Crippen molar-refractivity contribution in [1.29, 1.82) is 0 Å². The molecule has 1 amide bonds. The van der Waals surface area contributed by atoms with Crippen molar-refractivity contribution in [3.63, 3.8) is 0 Å². The lowest BCUT2D eigenvalue weighted by atomic mass is 10.1. The number of aromatic hydroxyl groups is 1. The highest BCUT2D eigenvalue weighted by atomic mass is 35.5. The van der Waals surface area contributed by atoms with Crippen LogP contribution in [-0.2, 0) is 4.79 Å².